The monoisotopic (exact) mass is 323 g/mol. The van der Waals surface area contributed by atoms with Crippen LogP contribution in [0.3, 0.4) is 0 Å². The van der Waals surface area contributed by atoms with Gasteiger partial charge in [0.1, 0.15) is 0 Å². The first-order valence-electron chi connectivity index (χ1n) is 5.99. The first kappa shape index (κ1) is 15.1. The minimum Gasteiger partial charge on any atom is -0.377 e. The zero-order valence-electron chi connectivity index (χ0n) is 10.2. The van der Waals surface area contributed by atoms with E-state index in [1.54, 1.807) is 18.2 Å². The third kappa shape index (κ3) is 4.61. The molecule has 2 rings (SSSR count). The van der Waals surface area contributed by atoms with Crippen LogP contribution in [0.1, 0.15) is 18.4 Å². The molecule has 0 amide bonds. The van der Waals surface area contributed by atoms with E-state index in [4.69, 9.17) is 27.9 Å². The molecular weight excluding hydrogens is 309 g/mol. The maximum absolute atomic E-state index is 11.9. The summed E-state index contributed by atoms with van der Waals surface area (Å²) in [5.74, 6) is -0.114. The van der Waals surface area contributed by atoms with Crippen molar-refractivity contribution in [2.45, 2.75) is 24.7 Å². The predicted molar refractivity (Wildman–Crippen MR) is 76.1 cm³/mol. The third-order valence-electron chi connectivity index (χ3n) is 2.90. The van der Waals surface area contributed by atoms with Crippen molar-refractivity contribution in [1.82, 2.24) is 4.72 Å². The standard InChI is InChI=1S/C12H15Cl2NO3S/c13-11-4-3-9(6-12(11)14)8-19(16,17)15-7-10-2-1-5-18-10/h3-4,6,10,15H,1-2,5,7-8H2. The molecule has 0 saturated carbocycles. The fourth-order valence-corrected chi connectivity index (χ4v) is 3.41. The Morgan fingerprint density at radius 2 is 2.11 bits per heavy atom. The average Bonchev–Trinajstić information content (AvgIpc) is 2.84. The van der Waals surface area contributed by atoms with Crippen molar-refractivity contribution in [2.75, 3.05) is 13.2 Å². The van der Waals surface area contributed by atoms with Crippen molar-refractivity contribution in [3.05, 3.63) is 33.8 Å². The van der Waals surface area contributed by atoms with Crippen molar-refractivity contribution in [3.8, 4) is 0 Å². The molecule has 0 aromatic heterocycles. The average molecular weight is 324 g/mol. The van der Waals surface area contributed by atoms with Crippen LogP contribution < -0.4 is 4.72 Å². The van der Waals surface area contributed by atoms with Gasteiger partial charge in [-0.05, 0) is 30.5 Å². The molecule has 1 N–H and O–H groups in total. The quantitative estimate of drug-likeness (QED) is 0.906. The highest BCUT2D eigenvalue weighted by molar-refractivity contribution is 7.88. The van der Waals surface area contributed by atoms with E-state index in [1.165, 1.54) is 0 Å². The maximum Gasteiger partial charge on any atom is 0.215 e. The Balaban J connectivity index is 1.93. The summed E-state index contributed by atoms with van der Waals surface area (Å²) in [5, 5.41) is 0.767. The molecule has 19 heavy (non-hydrogen) atoms. The van der Waals surface area contributed by atoms with Gasteiger partial charge in [-0.2, -0.15) is 0 Å². The number of hydrogen-bond donors (Lipinski definition) is 1. The lowest BCUT2D eigenvalue weighted by Gasteiger charge is -2.11. The second kappa shape index (κ2) is 6.41. The van der Waals surface area contributed by atoms with Crippen LogP contribution in [0.25, 0.3) is 0 Å². The summed E-state index contributed by atoms with van der Waals surface area (Å²) in [6.45, 7) is 1.03. The minimum atomic E-state index is -3.38. The van der Waals surface area contributed by atoms with E-state index < -0.39 is 10.0 Å². The maximum atomic E-state index is 11.9. The normalized spacial score (nSPS) is 19.8. The van der Waals surface area contributed by atoms with Crippen molar-refractivity contribution in [1.29, 1.82) is 0 Å². The summed E-state index contributed by atoms with van der Waals surface area (Å²) < 4.78 is 31.7. The number of rotatable bonds is 5. The van der Waals surface area contributed by atoms with Crippen LogP contribution in [0.2, 0.25) is 10.0 Å². The molecule has 0 radical (unpaired) electrons. The number of hydrogen-bond acceptors (Lipinski definition) is 3. The minimum absolute atomic E-state index is 0.0106. The summed E-state index contributed by atoms with van der Waals surface area (Å²) in [6.07, 6.45) is 1.87. The van der Waals surface area contributed by atoms with Crippen molar-refractivity contribution >= 4 is 33.2 Å². The predicted octanol–water partition coefficient (Wildman–Crippen LogP) is 2.59. The van der Waals surface area contributed by atoms with Gasteiger partial charge in [0.05, 0.1) is 21.9 Å². The molecule has 1 fully saturated rings. The summed E-state index contributed by atoms with van der Waals surface area (Å²) in [7, 11) is -3.38. The Hall–Kier alpha value is -0.330. The first-order valence-corrected chi connectivity index (χ1v) is 8.40. The second-order valence-electron chi connectivity index (χ2n) is 4.49. The van der Waals surface area contributed by atoms with Crippen molar-refractivity contribution < 1.29 is 13.2 Å². The van der Waals surface area contributed by atoms with Crippen LogP contribution in [-0.4, -0.2) is 27.7 Å². The molecule has 4 nitrogen and oxygen atoms in total. The molecule has 1 aliphatic rings. The summed E-state index contributed by atoms with van der Waals surface area (Å²) in [6, 6.07) is 4.81. The molecule has 1 heterocycles. The fraction of sp³-hybridized carbons (Fsp3) is 0.500. The number of sulfonamides is 1. The number of benzene rings is 1. The van der Waals surface area contributed by atoms with Crippen LogP contribution in [0, 0.1) is 0 Å². The third-order valence-corrected chi connectivity index (χ3v) is 4.95. The van der Waals surface area contributed by atoms with Gasteiger partial charge in [0.25, 0.3) is 0 Å². The molecule has 1 aliphatic heterocycles. The molecule has 0 spiro atoms. The molecule has 0 aliphatic carbocycles. The van der Waals surface area contributed by atoms with E-state index in [0.29, 0.717) is 28.8 Å². The van der Waals surface area contributed by atoms with E-state index in [2.05, 4.69) is 4.72 Å². The van der Waals surface area contributed by atoms with Crippen molar-refractivity contribution in [3.63, 3.8) is 0 Å². The Labute approximate surface area is 123 Å². The Kier molecular flexibility index (Phi) is 5.09. The van der Waals surface area contributed by atoms with Crippen LogP contribution in [0.15, 0.2) is 18.2 Å². The smallest absolute Gasteiger partial charge is 0.215 e. The zero-order chi connectivity index (χ0) is 13.9. The van der Waals surface area contributed by atoms with E-state index in [9.17, 15) is 8.42 Å². The molecule has 1 atom stereocenters. The van der Waals surface area contributed by atoms with Gasteiger partial charge in [0.2, 0.25) is 10.0 Å². The molecule has 1 saturated heterocycles. The molecular formula is C12H15Cl2NO3S. The molecule has 1 aromatic rings. The van der Waals surface area contributed by atoms with Crippen LogP contribution in [0.5, 0.6) is 0 Å². The van der Waals surface area contributed by atoms with Gasteiger partial charge in [0.15, 0.2) is 0 Å². The topological polar surface area (TPSA) is 55.4 Å². The molecule has 0 bridgehead atoms. The Morgan fingerprint density at radius 3 is 2.74 bits per heavy atom. The molecule has 1 unspecified atom stereocenters. The zero-order valence-corrected chi connectivity index (χ0v) is 12.6. The lowest BCUT2D eigenvalue weighted by molar-refractivity contribution is 0.114. The fourth-order valence-electron chi connectivity index (χ4n) is 1.93. The Morgan fingerprint density at radius 1 is 1.32 bits per heavy atom. The van der Waals surface area contributed by atoms with Crippen LogP contribution in [0.4, 0.5) is 0 Å². The van der Waals surface area contributed by atoms with Gasteiger partial charge in [0, 0.05) is 13.2 Å². The van der Waals surface area contributed by atoms with Gasteiger partial charge in [-0.25, -0.2) is 13.1 Å². The van der Waals surface area contributed by atoms with E-state index in [1.807, 2.05) is 0 Å². The SMILES string of the molecule is O=S(=O)(Cc1ccc(Cl)c(Cl)c1)NCC1CCCO1. The van der Waals surface area contributed by atoms with Crippen LogP contribution in [-0.2, 0) is 20.5 Å². The van der Waals surface area contributed by atoms with Gasteiger partial charge in [-0.1, -0.05) is 29.3 Å². The van der Waals surface area contributed by atoms with E-state index in [0.717, 1.165) is 12.8 Å². The lowest BCUT2D eigenvalue weighted by Crippen LogP contribution is -2.32. The summed E-state index contributed by atoms with van der Waals surface area (Å²) in [5.41, 5.74) is 0.606. The highest BCUT2D eigenvalue weighted by Gasteiger charge is 2.19. The van der Waals surface area contributed by atoms with Gasteiger partial charge in [-0.3, -0.25) is 0 Å². The van der Waals surface area contributed by atoms with Gasteiger partial charge < -0.3 is 4.74 Å². The molecule has 7 heteroatoms. The van der Waals surface area contributed by atoms with Crippen LogP contribution >= 0.6 is 23.2 Å². The van der Waals surface area contributed by atoms with E-state index in [-0.39, 0.29) is 11.9 Å². The van der Waals surface area contributed by atoms with Crippen molar-refractivity contribution in [2.24, 2.45) is 0 Å². The summed E-state index contributed by atoms with van der Waals surface area (Å²) >= 11 is 11.6. The lowest BCUT2D eigenvalue weighted by atomic mass is 10.2. The number of nitrogens with one attached hydrogen (secondary N) is 1. The number of ether oxygens (including phenoxy) is 1. The molecule has 1 aromatic carbocycles. The van der Waals surface area contributed by atoms with Gasteiger partial charge in [-0.15, -0.1) is 0 Å². The molecule has 106 valence electrons. The van der Waals surface area contributed by atoms with Gasteiger partial charge >= 0.3 is 0 Å². The Bertz CT molecular complexity index is 542. The second-order valence-corrected chi connectivity index (χ2v) is 7.11. The summed E-state index contributed by atoms with van der Waals surface area (Å²) in [4.78, 5) is 0. The van der Waals surface area contributed by atoms with E-state index >= 15 is 0 Å². The highest BCUT2D eigenvalue weighted by atomic mass is 35.5. The number of halogens is 2. The largest absolute Gasteiger partial charge is 0.377 e. The first-order chi connectivity index (χ1) is 8.96. The highest BCUT2D eigenvalue weighted by Crippen LogP contribution is 2.23.